The minimum absolute atomic E-state index is 0.0304. The van der Waals surface area contributed by atoms with Crippen molar-refractivity contribution in [3.8, 4) is 0 Å². The van der Waals surface area contributed by atoms with Crippen molar-refractivity contribution in [2.75, 3.05) is 19.7 Å². The lowest BCUT2D eigenvalue weighted by atomic mass is 9.67. The minimum atomic E-state index is -0.839. The number of rotatable bonds is 6. The summed E-state index contributed by atoms with van der Waals surface area (Å²) in [7, 11) is 0. The molecular weight excluding hydrogens is 346 g/mol. The van der Waals surface area contributed by atoms with E-state index < -0.39 is 5.41 Å². The molecule has 1 fully saturated rings. The monoisotopic (exact) mass is 371 g/mol. The first-order valence-corrected chi connectivity index (χ1v) is 9.82. The lowest BCUT2D eigenvalue weighted by Crippen LogP contribution is -2.43. The van der Waals surface area contributed by atoms with Crippen LogP contribution in [0.15, 0.2) is 91.0 Å². The van der Waals surface area contributed by atoms with Crippen molar-refractivity contribution in [3.63, 3.8) is 0 Å². The van der Waals surface area contributed by atoms with Gasteiger partial charge in [-0.15, -0.1) is 0 Å². The molecule has 3 nitrogen and oxygen atoms in total. The summed E-state index contributed by atoms with van der Waals surface area (Å²) in [6.45, 7) is 1.18. The van der Waals surface area contributed by atoms with E-state index in [1.165, 1.54) is 5.56 Å². The molecule has 4 rings (SSSR count). The Labute approximate surface area is 166 Å². The first kappa shape index (κ1) is 18.5. The van der Waals surface area contributed by atoms with Gasteiger partial charge in [0, 0.05) is 25.6 Å². The number of carbonyl (C=O) groups excluding carboxylic acids is 1. The molecule has 1 atom stereocenters. The van der Waals surface area contributed by atoms with E-state index in [9.17, 15) is 9.90 Å². The van der Waals surface area contributed by atoms with Crippen molar-refractivity contribution in [1.29, 1.82) is 0 Å². The second-order valence-corrected chi connectivity index (χ2v) is 7.41. The Morgan fingerprint density at radius 3 is 1.82 bits per heavy atom. The van der Waals surface area contributed by atoms with E-state index in [1.54, 1.807) is 0 Å². The summed E-state index contributed by atoms with van der Waals surface area (Å²) in [5.41, 5.74) is 2.28. The molecule has 1 unspecified atom stereocenters. The molecule has 0 aromatic heterocycles. The predicted octanol–water partition coefficient (Wildman–Crippen LogP) is 3.67. The summed E-state index contributed by atoms with van der Waals surface area (Å²) in [5, 5.41) is 10.3. The fourth-order valence-electron chi connectivity index (χ4n) is 4.49. The molecule has 0 radical (unpaired) electrons. The maximum absolute atomic E-state index is 13.8. The normalized spacial score (nSPS) is 18.4. The van der Waals surface area contributed by atoms with Crippen LogP contribution in [0.3, 0.4) is 0 Å². The quantitative estimate of drug-likeness (QED) is 0.718. The summed E-state index contributed by atoms with van der Waals surface area (Å²) in [6, 6.07) is 30.0. The zero-order valence-corrected chi connectivity index (χ0v) is 15.9. The van der Waals surface area contributed by atoms with Crippen LogP contribution in [0.4, 0.5) is 0 Å². The van der Waals surface area contributed by atoms with E-state index in [4.69, 9.17) is 0 Å². The fraction of sp³-hybridized carbons (Fsp3) is 0.240. The zero-order valence-electron chi connectivity index (χ0n) is 15.9. The second-order valence-electron chi connectivity index (χ2n) is 7.41. The average molecular weight is 371 g/mol. The van der Waals surface area contributed by atoms with Gasteiger partial charge in [-0.25, -0.2) is 0 Å². The minimum Gasteiger partial charge on any atom is -0.396 e. The first-order chi connectivity index (χ1) is 13.8. The van der Waals surface area contributed by atoms with Crippen molar-refractivity contribution >= 4 is 5.91 Å². The second kappa shape index (κ2) is 7.99. The third kappa shape index (κ3) is 3.12. The van der Waals surface area contributed by atoms with Gasteiger partial charge in [-0.2, -0.15) is 0 Å². The topological polar surface area (TPSA) is 40.5 Å². The zero-order chi connectivity index (χ0) is 19.4. The third-order valence-corrected chi connectivity index (χ3v) is 5.87. The van der Waals surface area contributed by atoms with Crippen LogP contribution in [0.5, 0.6) is 0 Å². The van der Waals surface area contributed by atoms with Gasteiger partial charge >= 0.3 is 0 Å². The number of aliphatic hydroxyl groups excluding tert-OH is 1. The van der Waals surface area contributed by atoms with Crippen molar-refractivity contribution < 1.29 is 9.90 Å². The van der Waals surface area contributed by atoms with Crippen LogP contribution in [0.25, 0.3) is 0 Å². The summed E-state index contributed by atoms with van der Waals surface area (Å²) in [5.74, 6) is -0.0968. The van der Waals surface area contributed by atoms with Gasteiger partial charge in [0.25, 0.3) is 0 Å². The molecule has 142 valence electrons. The van der Waals surface area contributed by atoms with E-state index in [0.29, 0.717) is 13.1 Å². The Morgan fingerprint density at radius 1 is 0.821 bits per heavy atom. The molecule has 3 aromatic rings. The van der Waals surface area contributed by atoms with Gasteiger partial charge in [0.05, 0.1) is 0 Å². The summed E-state index contributed by atoms with van der Waals surface area (Å²) in [6.07, 6.45) is 0.810. The molecule has 1 heterocycles. The Kier molecular flexibility index (Phi) is 5.27. The van der Waals surface area contributed by atoms with Crippen LogP contribution < -0.4 is 0 Å². The Morgan fingerprint density at radius 2 is 1.32 bits per heavy atom. The smallest absolute Gasteiger partial charge is 0.238 e. The molecule has 0 bridgehead atoms. The Hall–Kier alpha value is -2.91. The molecule has 1 amide bonds. The van der Waals surface area contributed by atoms with E-state index in [-0.39, 0.29) is 18.4 Å². The molecule has 0 saturated carbocycles. The number of likely N-dealkylation sites (tertiary alicyclic amines) is 1. The number of amides is 1. The Balaban J connectivity index is 1.73. The highest BCUT2D eigenvalue weighted by molar-refractivity contribution is 5.94. The highest BCUT2D eigenvalue weighted by Gasteiger charge is 2.55. The van der Waals surface area contributed by atoms with E-state index in [2.05, 4.69) is 12.1 Å². The summed E-state index contributed by atoms with van der Waals surface area (Å²) >= 11 is 0. The molecule has 0 aliphatic carbocycles. The maximum Gasteiger partial charge on any atom is 0.238 e. The van der Waals surface area contributed by atoms with Crippen LogP contribution in [0.2, 0.25) is 0 Å². The number of aliphatic hydroxyl groups is 1. The van der Waals surface area contributed by atoms with Crippen LogP contribution in [-0.2, 0) is 16.6 Å². The molecule has 1 saturated heterocycles. The van der Waals surface area contributed by atoms with Crippen molar-refractivity contribution in [2.45, 2.75) is 11.8 Å². The van der Waals surface area contributed by atoms with Gasteiger partial charge in [0.2, 0.25) is 5.91 Å². The van der Waals surface area contributed by atoms with Gasteiger partial charge in [-0.1, -0.05) is 91.0 Å². The average Bonchev–Trinajstić information content (AvgIpc) is 3.06. The van der Waals surface area contributed by atoms with Crippen LogP contribution in [0.1, 0.15) is 16.7 Å². The highest BCUT2D eigenvalue weighted by Crippen LogP contribution is 2.45. The predicted molar refractivity (Wildman–Crippen MR) is 111 cm³/mol. The third-order valence-electron chi connectivity index (χ3n) is 5.87. The molecule has 1 aliphatic heterocycles. The molecule has 0 spiro atoms. The summed E-state index contributed by atoms with van der Waals surface area (Å²) in [4.78, 5) is 15.8. The summed E-state index contributed by atoms with van der Waals surface area (Å²) < 4.78 is 0. The van der Waals surface area contributed by atoms with Crippen molar-refractivity contribution in [2.24, 2.45) is 5.92 Å². The van der Waals surface area contributed by atoms with Crippen molar-refractivity contribution in [3.05, 3.63) is 108 Å². The standard InChI is InChI=1S/C25H25NO2/c27-19-23-18-26(17-16-20-10-4-1-5-11-20)24(28)25(23,21-12-6-2-7-13-21)22-14-8-3-9-15-22/h1-15,23,27H,16-19H2. The largest absolute Gasteiger partial charge is 0.396 e. The number of carbonyl (C=O) groups is 1. The molecule has 3 aromatic carbocycles. The Bertz CT molecular complexity index is 870. The molecule has 1 N–H and O–H groups in total. The van der Waals surface area contributed by atoms with Gasteiger partial charge in [-0.3, -0.25) is 4.79 Å². The number of benzene rings is 3. The fourth-order valence-corrected chi connectivity index (χ4v) is 4.49. The van der Waals surface area contributed by atoms with E-state index in [0.717, 1.165) is 17.5 Å². The van der Waals surface area contributed by atoms with Gasteiger partial charge in [0.15, 0.2) is 0 Å². The molecule has 1 aliphatic rings. The van der Waals surface area contributed by atoms with Gasteiger partial charge in [-0.05, 0) is 23.1 Å². The molecular formula is C25H25NO2. The maximum atomic E-state index is 13.8. The van der Waals surface area contributed by atoms with Crippen molar-refractivity contribution in [1.82, 2.24) is 4.90 Å². The lowest BCUT2D eigenvalue weighted by Gasteiger charge is -2.33. The SMILES string of the molecule is O=C1N(CCc2ccccc2)CC(CO)C1(c1ccccc1)c1ccccc1. The molecule has 3 heteroatoms. The highest BCUT2D eigenvalue weighted by atomic mass is 16.3. The number of hydrogen-bond donors (Lipinski definition) is 1. The first-order valence-electron chi connectivity index (χ1n) is 9.82. The van der Waals surface area contributed by atoms with E-state index >= 15 is 0 Å². The van der Waals surface area contributed by atoms with Crippen LogP contribution in [0, 0.1) is 5.92 Å². The van der Waals surface area contributed by atoms with E-state index in [1.807, 2.05) is 83.8 Å². The number of nitrogens with zero attached hydrogens (tertiary/aromatic N) is 1. The lowest BCUT2D eigenvalue weighted by molar-refractivity contribution is -0.131. The van der Waals surface area contributed by atoms with Crippen LogP contribution in [-0.4, -0.2) is 35.6 Å². The van der Waals surface area contributed by atoms with Gasteiger partial charge in [0.1, 0.15) is 5.41 Å². The van der Waals surface area contributed by atoms with Gasteiger partial charge < -0.3 is 10.0 Å². The number of hydrogen-bond acceptors (Lipinski definition) is 2. The molecule has 28 heavy (non-hydrogen) atoms. The van der Waals surface area contributed by atoms with Crippen LogP contribution >= 0.6 is 0 Å².